The first-order chi connectivity index (χ1) is 16.7. The summed E-state index contributed by atoms with van der Waals surface area (Å²) in [6.07, 6.45) is 0. The summed E-state index contributed by atoms with van der Waals surface area (Å²) in [5, 5.41) is 9.55. The molecular formula is C24H22Cl3N7O. The molecule has 0 radical (unpaired) electrons. The van der Waals surface area contributed by atoms with E-state index in [2.05, 4.69) is 10.3 Å². The number of amides is 1. The van der Waals surface area contributed by atoms with Gasteiger partial charge in [0, 0.05) is 29.2 Å². The number of primary amides is 1. The van der Waals surface area contributed by atoms with Crippen molar-refractivity contribution in [2.45, 2.75) is 19.4 Å². The molecule has 0 spiro atoms. The fourth-order valence-electron chi connectivity index (χ4n) is 4.41. The second-order valence-electron chi connectivity index (χ2n) is 8.47. The predicted molar refractivity (Wildman–Crippen MR) is 139 cm³/mol. The molecule has 3 N–H and O–H groups in total. The summed E-state index contributed by atoms with van der Waals surface area (Å²) >= 11 is 19.4. The number of nitrogens with one attached hydrogen (secondary N) is 1. The molecule has 11 heteroatoms. The number of rotatable bonds is 6. The first-order valence-corrected chi connectivity index (χ1v) is 12.1. The number of carbonyl (C=O) groups excluding carboxylic acids is 1. The van der Waals surface area contributed by atoms with E-state index < -0.39 is 11.4 Å². The highest BCUT2D eigenvalue weighted by molar-refractivity contribution is 6.37. The third-order valence-corrected chi connectivity index (χ3v) is 7.03. The number of hydrogen-bond acceptors (Lipinski definition) is 6. The van der Waals surface area contributed by atoms with Crippen molar-refractivity contribution in [3.63, 3.8) is 0 Å². The second kappa shape index (κ2) is 8.95. The Balaban J connectivity index is 1.71. The molecule has 0 aliphatic carbocycles. The fraction of sp³-hybridized carbons (Fsp3) is 0.250. The van der Waals surface area contributed by atoms with Crippen molar-refractivity contribution in [3.05, 3.63) is 63.4 Å². The Labute approximate surface area is 217 Å². The first kappa shape index (κ1) is 23.8. The largest absolute Gasteiger partial charge is 0.368 e. The maximum atomic E-state index is 12.1. The lowest BCUT2D eigenvalue weighted by molar-refractivity contribution is -0.125. The number of aromatic nitrogens is 4. The molecule has 2 aromatic heterocycles. The van der Waals surface area contributed by atoms with Crippen LogP contribution in [0.25, 0.3) is 28.0 Å². The van der Waals surface area contributed by atoms with Gasteiger partial charge in [-0.15, -0.1) is 0 Å². The van der Waals surface area contributed by atoms with E-state index in [1.807, 2.05) is 49.1 Å². The molecule has 5 rings (SSSR count). The van der Waals surface area contributed by atoms with Crippen molar-refractivity contribution in [1.82, 2.24) is 24.9 Å². The lowest BCUT2D eigenvalue weighted by Crippen LogP contribution is -2.75. The third-order valence-electron chi connectivity index (χ3n) is 6.16. The van der Waals surface area contributed by atoms with E-state index in [1.165, 1.54) is 0 Å². The highest BCUT2D eigenvalue weighted by atomic mass is 35.5. The van der Waals surface area contributed by atoms with Crippen LogP contribution in [-0.4, -0.2) is 50.7 Å². The van der Waals surface area contributed by atoms with Crippen LogP contribution >= 0.6 is 34.8 Å². The topological polar surface area (TPSA) is 101 Å². The van der Waals surface area contributed by atoms with Crippen LogP contribution in [0.2, 0.25) is 15.1 Å². The number of nitrogens with zero attached hydrogens (tertiary/aromatic N) is 5. The second-order valence-corrected chi connectivity index (χ2v) is 9.72. The van der Waals surface area contributed by atoms with Crippen molar-refractivity contribution in [3.8, 4) is 22.4 Å². The summed E-state index contributed by atoms with van der Waals surface area (Å²) in [6, 6.07) is 12.7. The minimum Gasteiger partial charge on any atom is -0.368 e. The molecule has 0 bridgehead atoms. The van der Waals surface area contributed by atoms with Gasteiger partial charge in [-0.3, -0.25) is 4.79 Å². The van der Waals surface area contributed by atoms with Crippen LogP contribution in [0.4, 0.5) is 5.95 Å². The van der Waals surface area contributed by atoms with Gasteiger partial charge in [-0.25, -0.2) is 0 Å². The number of nitrogens with two attached hydrogens (primary N) is 1. The van der Waals surface area contributed by atoms with E-state index in [0.717, 1.165) is 5.56 Å². The van der Waals surface area contributed by atoms with Crippen LogP contribution in [0.15, 0.2) is 42.5 Å². The SMILES string of the molecule is CCNC1(C(N)=O)CN(c2nc(C)n3nc(-c4ccccc4Cl)c(-c4ccc(Cl)cc4Cl)c3n2)C1. The van der Waals surface area contributed by atoms with Gasteiger partial charge in [-0.2, -0.15) is 19.6 Å². The standard InChI is InChI=1S/C24H22Cl3N7O/c1-3-29-24(22(28)35)11-33(12-24)23-30-13(2)34-21(31-23)19(15-9-8-14(25)10-18(15)27)20(32-34)16-6-4-5-7-17(16)26/h4-10,29H,3,11-12H2,1-2H3,(H2,28,35). The summed E-state index contributed by atoms with van der Waals surface area (Å²) in [5.74, 6) is 0.698. The number of anilines is 1. The van der Waals surface area contributed by atoms with Gasteiger partial charge in [0.05, 0.1) is 15.6 Å². The Bertz CT molecular complexity index is 1460. The number of fused-ring (bicyclic) bond motifs is 1. The molecule has 3 heterocycles. The predicted octanol–water partition coefficient (Wildman–Crippen LogP) is 4.38. The Hall–Kier alpha value is -2.91. The molecular weight excluding hydrogens is 509 g/mol. The van der Waals surface area contributed by atoms with Gasteiger partial charge in [-0.1, -0.05) is 66.0 Å². The maximum absolute atomic E-state index is 12.1. The lowest BCUT2D eigenvalue weighted by Gasteiger charge is -2.48. The van der Waals surface area contributed by atoms with E-state index in [-0.39, 0.29) is 0 Å². The monoisotopic (exact) mass is 529 g/mol. The van der Waals surface area contributed by atoms with E-state index in [9.17, 15) is 4.79 Å². The highest BCUT2D eigenvalue weighted by Crippen LogP contribution is 2.41. The normalized spacial score (nSPS) is 14.8. The molecule has 0 saturated carbocycles. The highest BCUT2D eigenvalue weighted by Gasteiger charge is 2.48. The van der Waals surface area contributed by atoms with Crippen molar-refractivity contribution < 1.29 is 4.79 Å². The molecule has 180 valence electrons. The summed E-state index contributed by atoms with van der Waals surface area (Å²) in [5.41, 5.74) is 8.22. The fourth-order valence-corrected chi connectivity index (χ4v) is 5.14. The van der Waals surface area contributed by atoms with Gasteiger partial charge in [0.15, 0.2) is 5.65 Å². The average Bonchev–Trinajstić information content (AvgIpc) is 3.15. The van der Waals surface area contributed by atoms with Gasteiger partial charge in [0.25, 0.3) is 0 Å². The number of halogens is 3. The zero-order valence-corrected chi connectivity index (χ0v) is 21.3. The van der Waals surface area contributed by atoms with Crippen LogP contribution < -0.4 is 16.0 Å². The van der Waals surface area contributed by atoms with Crippen LogP contribution in [0, 0.1) is 6.92 Å². The lowest BCUT2D eigenvalue weighted by atomic mass is 9.89. The number of carbonyl (C=O) groups is 1. The average molecular weight is 531 g/mol. The van der Waals surface area contributed by atoms with E-state index in [0.29, 0.717) is 68.9 Å². The molecule has 0 unspecified atom stereocenters. The van der Waals surface area contributed by atoms with Crippen LogP contribution in [0.1, 0.15) is 12.7 Å². The molecule has 2 aromatic carbocycles. The Morgan fingerprint density at radius 1 is 1.09 bits per heavy atom. The minimum absolute atomic E-state index is 0.369. The molecule has 1 amide bonds. The zero-order chi connectivity index (χ0) is 24.9. The Morgan fingerprint density at radius 2 is 1.83 bits per heavy atom. The van der Waals surface area contributed by atoms with Crippen molar-refractivity contribution >= 4 is 52.3 Å². The summed E-state index contributed by atoms with van der Waals surface area (Å²) in [4.78, 5) is 23.5. The zero-order valence-electron chi connectivity index (χ0n) is 19.0. The molecule has 8 nitrogen and oxygen atoms in total. The molecule has 0 atom stereocenters. The van der Waals surface area contributed by atoms with Crippen molar-refractivity contribution in [2.24, 2.45) is 5.73 Å². The molecule has 4 aromatic rings. The summed E-state index contributed by atoms with van der Waals surface area (Å²) < 4.78 is 1.67. The van der Waals surface area contributed by atoms with Gasteiger partial charge in [-0.05, 0) is 31.7 Å². The number of aryl methyl sites for hydroxylation is 1. The van der Waals surface area contributed by atoms with Crippen LogP contribution in [0.3, 0.4) is 0 Å². The number of benzene rings is 2. The summed E-state index contributed by atoms with van der Waals surface area (Å²) in [7, 11) is 0. The third kappa shape index (κ3) is 4.00. The smallest absolute Gasteiger partial charge is 0.241 e. The molecule has 1 fully saturated rings. The molecule has 1 aliphatic rings. The Kier molecular flexibility index (Phi) is 6.09. The van der Waals surface area contributed by atoms with E-state index in [1.54, 1.807) is 16.6 Å². The van der Waals surface area contributed by atoms with Gasteiger partial charge < -0.3 is 16.0 Å². The molecule has 1 aliphatic heterocycles. The summed E-state index contributed by atoms with van der Waals surface area (Å²) in [6.45, 7) is 5.15. The van der Waals surface area contributed by atoms with E-state index in [4.69, 9.17) is 50.6 Å². The molecule has 1 saturated heterocycles. The van der Waals surface area contributed by atoms with Gasteiger partial charge in [0.2, 0.25) is 11.9 Å². The van der Waals surface area contributed by atoms with Gasteiger partial charge in [0.1, 0.15) is 17.1 Å². The Morgan fingerprint density at radius 3 is 2.49 bits per heavy atom. The quantitative estimate of drug-likeness (QED) is 0.384. The van der Waals surface area contributed by atoms with Crippen molar-refractivity contribution in [1.29, 1.82) is 0 Å². The van der Waals surface area contributed by atoms with Crippen LogP contribution in [-0.2, 0) is 4.79 Å². The molecule has 35 heavy (non-hydrogen) atoms. The van der Waals surface area contributed by atoms with E-state index >= 15 is 0 Å². The van der Waals surface area contributed by atoms with Gasteiger partial charge >= 0.3 is 0 Å². The van der Waals surface area contributed by atoms with Crippen molar-refractivity contribution in [2.75, 3.05) is 24.5 Å². The van der Waals surface area contributed by atoms with Crippen LogP contribution in [0.5, 0.6) is 0 Å². The number of likely N-dealkylation sites (N-methyl/N-ethyl adjacent to an activating group) is 1. The maximum Gasteiger partial charge on any atom is 0.241 e. The number of hydrogen-bond donors (Lipinski definition) is 2. The minimum atomic E-state index is -0.802. The first-order valence-electron chi connectivity index (χ1n) is 11.0.